The minimum atomic E-state index is -0.409. The number of nitrogens with one attached hydrogen (secondary N) is 2. The van der Waals surface area contributed by atoms with Gasteiger partial charge in [-0.15, -0.1) is 0 Å². The smallest absolute Gasteiger partial charge is 0.275 e. The summed E-state index contributed by atoms with van der Waals surface area (Å²) in [5.41, 5.74) is 3.95. The molecule has 3 rings (SSSR count). The first-order valence-electron chi connectivity index (χ1n) is 8.13. The normalized spacial score (nSPS) is 10.1. The highest BCUT2D eigenvalue weighted by Gasteiger charge is 2.11. The standard InChI is InChI=1S/C20H16ClN5O/c1-12-6-13(2)19(16(21)7-12)26-18-11-23-17(10-24-18)20(27)25-15-5-3-4-14(8-15)9-22/h3-8,10-11H,1-2H3,(H,24,26)(H,25,27). The van der Waals surface area contributed by atoms with E-state index in [9.17, 15) is 4.79 Å². The van der Waals surface area contributed by atoms with Crippen molar-refractivity contribution in [2.45, 2.75) is 13.8 Å². The molecule has 1 aromatic heterocycles. The van der Waals surface area contributed by atoms with E-state index in [2.05, 4.69) is 20.6 Å². The summed E-state index contributed by atoms with van der Waals surface area (Å²) in [5.74, 6) is 0.0700. The summed E-state index contributed by atoms with van der Waals surface area (Å²) in [4.78, 5) is 20.7. The fourth-order valence-corrected chi connectivity index (χ4v) is 2.94. The molecule has 0 unspecified atom stereocenters. The van der Waals surface area contributed by atoms with Crippen LogP contribution < -0.4 is 10.6 Å². The Morgan fingerprint density at radius 2 is 1.96 bits per heavy atom. The van der Waals surface area contributed by atoms with E-state index in [0.29, 0.717) is 22.1 Å². The van der Waals surface area contributed by atoms with E-state index < -0.39 is 5.91 Å². The number of halogens is 1. The molecule has 6 nitrogen and oxygen atoms in total. The summed E-state index contributed by atoms with van der Waals surface area (Å²) < 4.78 is 0. The highest BCUT2D eigenvalue weighted by Crippen LogP contribution is 2.29. The molecule has 2 N–H and O–H groups in total. The zero-order valence-electron chi connectivity index (χ0n) is 14.7. The van der Waals surface area contributed by atoms with Gasteiger partial charge in [0.1, 0.15) is 11.5 Å². The molecule has 3 aromatic rings. The van der Waals surface area contributed by atoms with Crippen LogP contribution >= 0.6 is 11.6 Å². The maximum absolute atomic E-state index is 12.3. The number of carbonyl (C=O) groups excluding carboxylic acids is 1. The molecule has 27 heavy (non-hydrogen) atoms. The van der Waals surface area contributed by atoms with Crippen molar-refractivity contribution in [2.75, 3.05) is 10.6 Å². The highest BCUT2D eigenvalue weighted by molar-refractivity contribution is 6.33. The van der Waals surface area contributed by atoms with Crippen LogP contribution in [-0.2, 0) is 0 Å². The molecule has 7 heteroatoms. The highest BCUT2D eigenvalue weighted by atomic mass is 35.5. The molecule has 0 aliphatic heterocycles. The number of hydrogen-bond acceptors (Lipinski definition) is 5. The lowest BCUT2D eigenvalue weighted by Crippen LogP contribution is -2.14. The van der Waals surface area contributed by atoms with Gasteiger partial charge in [-0.2, -0.15) is 5.26 Å². The Kier molecular flexibility index (Phi) is 5.34. The summed E-state index contributed by atoms with van der Waals surface area (Å²) in [6.45, 7) is 3.92. The number of aromatic nitrogens is 2. The van der Waals surface area contributed by atoms with Gasteiger partial charge in [-0.25, -0.2) is 9.97 Å². The van der Waals surface area contributed by atoms with E-state index in [4.69, 9.17) is 16.9 Å². The first kappa shape index (κ1) is 18.4. The van der Waals surface area contributed by atoms with Gasteiger partial charge in [0.2, 0.25) is 0 Å². The van der Waals surface area contributed by atoms with E-state index in [1.807, 2.05) is 32.0 Å². The maximum atomic E-state index is 12.3. The van der Waals surface area contributed by atoms with E-state index in [1.54, 1.807) is 24.3 Å². The number of amides is 1. The van der Waals surface area contributed by atoms with E-state index in [-0.39, 0.29) is 5.69 Å². The Hall–Kier alpha value is -3.43. The van der Waals surface area contributed by atoms with Crippen molar-refractivity contribution >= 4 is 34.7 Å². The predicted molar refractivity (Wildman–Crippen MR) is 105 cm³/mol. The second-order valence-corrected chi connectivity index (χ2v) is 6.40. The largest absolute Gasteiger partial charge is 0.338 e. The molecule has 0 atom stereocenters. The van der Waals surface area contributed by atoms with E-state index >= 15 is 0 Å². The zero-order chi connectivity index (χ0) is 19.4. The van der Waals surface area contributed by atoms with Crippen LogP contribution in [-0.4, -0.2) is 15.9 Å². The monoisotopic (exact) mass is 377 g/mol. The topological polar surface area (TPSA) is 90.7 Å². The Morgan fingerprint density at radius 1 is 1.15 bits per heavy atom. The van der Waals surface area contributed by atoms with Gasteiger partial charge < -0.3 is 10.6 Å². The molecule has 2 aromatic carbocycles. The number of nitrogens with zero attached hydrogens (tertiary/aromatic N) is 3. The van der Waals surface area contributed by atoms with Gasteiger partial charge in [-0.05, 0) is 49.2 Å². The summed E-state index contributed by atoms with van der Waals surface area (Å²) >= 11 is 6.28. The van der Waals surface area contributed by atoms with Gasteiger partial charge in [-0.1, -0.05) is 23.7 Å². The lowest BCUT2D eigenvalue weighted by Gasteiger charge is -2.12. The van der Waals surface area contributed by atoms with Gasteiger partial charge in [0.05, 0.1) is 34.7 Å². The lowest BCUT2D eigenvalue weighted by molar-refractivity contribution is 0.102. The SMILES string of the molecule is Cc1cc(C)c(Nc2cnc(C(=O)Nc3cccc(C#N)c3)cn2)c(Cl)c1. The number of nitriles is 1. The molecule has 0 aliphatic carbocycles. The van der Waals surface area contributed by atoms with Crippen molar-refractivity contribution in [3.8, 4) is 6.07 Å². The van der Waals surface area contributed by atoms with Crippen molar-refractivity contribution in [3.63, 3.8) is 0 Å². The molecule has 0 spiro atoms. The second-order valence-electron chi connectivity index (χ2n) is 6.00. The average Bonchev–Trinajstić information content (AvgIpc) is 2.65. The summed E-state index contributed by atoms with van der Waals surface area (Å²) in [7, 11) is 0. The molecule has 0 bridgehead atoms. The Balaban J connectivity index is 1.73. The number of benzene rings is 2. The molecule has 0 aliphatic rings. The predicted octanol–water partition coefficient (Wildman–Crippen LogP) is 4.61. The molecule has 134 valence electrons. The van der Waals surface area contributed by atoms with Gasteiger partial charge in [-0.3, -0.25) is 4.79 Å². The minimum Gasteiger partial charge on any atom is -0.338 e. The van der Waals surface area contributed by atoms with Gasteiger partial charge in [0, 0.05) is 5.69 Å². The van der Waals surface area contributed by atoms with Crippen molar-refractivity contribution < 1.29 is 4.79 Å². The molecule has 1 amide bonds. The van der Waals surface area contributed by atoms with Crippen LogP contribution in [0.1, 0.15) is 27.2 Å². The van der Waals surface area contributed by atoms with E-state index in [0.717, 1.165) is 16.8 Å². The third-order valence-electron chi connectivity index (χ3n) is 3.82. The summed E-state index contributed by atoms with van der Waals surface area (Å²) in [6.07, 6.45) is 2.85. The quantitative estimate of drug-likeness (QED) is 0.692. The number of rotatable bonds is 4. The van der Waals surface area contributed by atoms with Crippen molar-refractivity contribution in [2.24, 2.45) is 0 Å². The van der Waals surface area contributed by atoms with Gasteiger partial charge >= 0.3 is 0 Å². The van der Waals surface area contributed by atoms with Crippen LogP contribution in [0.25, 0.3) is 0 Å². The van der Waals surface area contributed by atoms with Gasteiger partial charge in [0.15, 0.2) is 0 Å². The fourth-order valence-electron chi connectivity index (χ4n) is 2.57. The molecular formula is C20H16ClN5O. The molecule has 0 fully saturated rings. The third kappa shape index (κ3) is 4.40. The number of carbonyl (C=O) groups is 1. The Morgan fingerprint density at radius 3 is 2.63 bits per heavy atom. The van der Waals surface area contributed by atoms with Crippen molar-refractivity contribution in [3.05, 3.63) is 76.2 Å². The van der Waals surface area contributed by atoms with Crippen molar-refractivity contribution in [1.29, 1.82) is 5.26 Å². The Bertz CT molecular complexity index is 1020. The van der Waals surface area contributed by atoms with Crippen molar-refractivity contribution in [1.82, 2.24) is 9.97 Å². The van der Waals surface area contributed by atoms with Crippen LogP contribution in [0.5, 0.6) is 0 Å². The maximum Gasteiger partial charge on any atom is 0.275 e. The molecular weight excluding hydrogens is 362 g/mol. The van der Waals surface area contributed by atoms with Crippen LogP contribution in [0.3, 0.4) is 0 Å². The minimum absolute atomic E-state index is 0.162. The second kappa shape index (κ2) is 7.85. The zero-order valence-corrected chi connectivity index (χ0v) is 15.5. The molecule has 0 radical (unpaired) electrons. The van der Waals surface area contributed by atoms with Gasteiger partial charge in [0.25, 0.3) is 5.91 Å². The van der Waals surface area contributed by atoms with E-state index in [1.165, 1.54) is 12.4 Å². The summed E-state index contributed by atoms with van der Waals surface area (Å²) in [5, 5.41) is 15.3. The molecule has 0 saturated heterocycles. The summed E-state index contributed by atoms with van der Waals surface area (Å²) in [6, 6.07) is 12.5. The molecule has 1 heterocycles. The Labute approximate surface area is 161 Å². The van der Waals surface area contributed by atoms with Crippen LogP contribution in [0.4, 0.5) is 17.2 Å². The molecule has 0 saturated carbocycles. The van der Waals surface area contributed by atoms with Crippen LogP contribution in [0.2, 0.25) is 5.02 Å². The van der Waals surface area contributed by atoms with Crippen LogP contribution in [0, 0.1) is 25.2 Å². The van der Waals surface area contributed by atoms with Crippen LogP contribution in [0.15, 0.2) is 48.8 Å². The number of hydrogen-bond donors (Lipinski definition) is 2. The number of anilines is 3. The fraction of sp³-hybridized carbons (Fsp3) is 0.100. The first-order valence-corrected chi connectivity index (χ1v) is 8.51. The lowest BCUT2D eigenvalue weighted by atomic mass is 10.1. The third-order valence-corrected chi connectivity index (χ3v) is 4.12. The average molecular weight is 378 g/mol. The number of aryl methyl sites for hydroxylation is 2. The first-order chi connectivity index (χ1) is 13.0.